The molecule has 2 aromatic carbocycles. The fourth-order valence-electron chi connectivity index (χ4n) is 3.58. The van der Waals surface area contributed by atoms with Crippen molar-refractivity contribution in [3.8, 4) is 28.5 Å². The number of nitrogens with zero attached hydrogens (tertiary/aromatic N) is 3. The lowest BCUT2D eigenvalue weighted by Gasteiger charge is -2.10. The maximum atomic E-state index is 13.2. The standard InChI is InChI=1S/C27H22ClN3O2/c1-17(2)26-14-24(31-33-26)21-11-20(23-6-4-3-5-19(23)15-29)12-22(13-21)25(32)9-7-18-8-10-27(28)30-16-18/h3-6,8,10-14,16-17H,7,9H2,1-2H3. The van der Waals surface area contributed by atoms with Gasteiger partial charge in [-0.3, -0.25) is 4.79 Å². The zero-order chi connectivity index (χ0) is 23.4. The average molecular weight is 456 g/mol. The van der Waals surface area contributed by atoms with E-state index in [1.807, 2.05) is 62.4 Å². The van der Waals surface area contributed by atoms with Gasteiger partial charge in [-0.15, -0.1) is 0 Å². The van der Waals surface area contributed by atoms with Crippen LogP contribution in [0.5, 0.6) is 0 Å². The lowest BCUT2D eigenvalue weighted by atomic mass is 9.93. The molecular formula is C27H22ClN3O2. The first-order valence-corrected chi connectivity index (χ1v) is 11.1. The predicted molar refractivity (Wildman–Crippen MR) is 128 cm³/mol. The van der Waals surface area contributed by atoms with Crippen LogP contribution in [0.2, 0.25) is 5.15 Å². The summed E-state index contributed by atoms with van der Waals surface area (Å²) in [4.78, 5) is 17.2. The van der Waals surface area contributed by atoms with Gasteiger partial charge in [0.15, 0.2) is 5.78 Å². The van der Waals surface area contributed by atoms with Crippen LogP contribution in [0.15, 0.2) is 71.4 Å². The quantitative estimate of drug-likeness (QED) is 0.224. The summed E-state index contributed by atoms with van der Waals surface area (Å²) in [5.41, 5.74) is 5.03. The molecule has 0 fully saturated rings. The Balaban J connectivity index is 1.72. The molecule has 164 valence electrons. The number of benzene rings is 2. The van der Waals surface area contributed by atoms with Crippen molar-refractivity contribution >= 4 is 17.4 Å². The smallest absolute Gasteiger partial charge is 0.163 e. The van der Waals surface area contributed by atoms with Crippen molar-refractivity contribution in [2.75, 3.05) is 0 Å². The molecule has 0 amide bonds. The van der Waals surface area contributed by atoms with E-state index in [1.165, 1.54) is 0 Å². The Bertz CT molecular complexity index is 1330. The Labute approximate surface area is 197 Å². The third-order valence-corrected chi connectivity index (χ3v) is 5.66. The summed E-state index contributed by atoms with van der Waals surface area (Å²) in [6.07, 6.45) is 2.56. The van der Waals surface area contributed by atoms with Crippen LogP contribution in [0, 0.1) is 11.3 Å². The summed E-state index contributed by atoms with van der Waals surface area (Å²) in [7, 11) is 0. The minimum atomic E-state index is -0.00457. The molecule has 0 spiro atoms. The molecule has 0 aliphatic carbocycles. The zero-order valence-corrected chi connectivity index (χ0v) is 19.1. The van der Waals surface area contributed by atoms with Crippen LogP contribution in [0.1, 0.15) is 53.4 Å². The second kappa shape index (κ2) is 9.81. The predicted octanol–water partition coefficient (Wildman–Crippen LogP) is 6.87. The van der Waals surface area contributed by atoms with Crippen LogP contribution in [0.3, 0.4) is 0 Å². The van der Waals surface area contributed by atoms with E-state index in [0.717, 1.165) is 28.0 Å². The molecule has 4 rings (SSSR count). The zero-order valence-electron chi connectivity index (χ0n) is 18.4. The van der Waals surface area contributed by atoms with Gasteiger partial charge in [-0.2, -0.15) is 5.26 Å². The van der Waals surface area contributed by atoms with E-state index >= 15 is 0 Å². The van der Waals surface area contributed by atoms with Gasteiger partial charge in [0.1, 0.15) is 16.6 Å². The number of rotatable bonds is 7. The molecule has 0 atom stereocenters. The largest absolute Gasteiger partial charge is 0.361 e. The Hall–Kier alpha value is -3.75. The molecule has 0 aliphatic rings. The molecule has 0 radical (unpaired) electrons. The number of ketones is 1. The van der Waals surface area contributed by atoms with Gasteiger partial charge in [0, 0.05) is 35.7 Å². The molecule has 0 aliphatic heterocycles. The van der Waals surface area contributed by atoms with E-state index in [2.05, 4.69) is 16.2 Å². The van der Waals surface area contributed by atoms with Crippen molar-refractivity contribution in [1.29, 1.82) is 5.26 Å². The Kier molecular flexibility index (Phi) is 6.67. The van der Waals surface area contributed by atoms with Gasteiger partial charge in [-0.25, -0.2) is 4.98 Å². The van der Waals surface area contributed by atoms with Crippen LogP contribution in [0.4, 0.5) is 0 Å². The maximum absolute atomic E-state index is 13.2. The van der Waals surface area contributed by atoms with Gasteiger partial charge in [-0.05, 0) is 53.4 Å². The third kappa shape index (κ3) is 5.19. The van der Waals surface area contributed by atoms with Crippen molar-refractivity contribution < 1.29 is 9.32 Å². The molecule has 4 aromatic rings. The Morgan fingerprint density at radius 1 is 1.09 bits per heavy atom. The van der Waals surface area contributed by atoms with Crippen LogP contribution >= 0.6 is 11.6 Å². The van der Waals surface area contributed by atoms with Gasteiger partial charge < -0.3 is 4.52 Å². The molecule has 0 N–H and O–H groups in total. The van der Waals surface area contributed by atoms with Crippen molar-refractivity contribution in [3.05, 3.63) is 94.5 Å². The highest BCUT2D eigenvalue weighted by Crippen LogP contribution is 2.31. The summed E-state index contributed by atoms with van der Waals surface area (Å²) in [5.74, 6) is 0.967. The lowest BCUT2D eigenvalue weighted by Crippen LogP contribution is -2.03. The highest BCUT2D eigenvalue weighted by atomic mass is 35.5. The maximum Gasteiger partial charge on any atom is 0.163 e. The molecule has 5 nitrogen and oxygen atoms in total. The minimum Gasteiger partial charge on any atom is -0.361 e. The number of aromatic nitrogens is 2. The van der Waals surface area contributed by atoms with E-state index < -0.39 is 0 Å². The molecule has 6 heteroatoms. The van der Waals surface area contributed by atoms with Gasteiger partial charge in [0.05, 0.1) is 11.6 Å². The number of hydrogen-bond acceptors (Lipinski definition) is 5. The van der Waals surface area contributed by atoms with Crippen LogP contribution in [-0.4, -0.2) is 15.9 Å². The minimum absolute atomic E-state index is 0.00457. The van der Waals surface area contributed by atoms with E-state index in [-0.39, 0.29) is 11.7 Å². The molecule has 0 unspecified atom stereocenters. The van der Waals surface area contributed by atoms with E-state index in [4.69, 9.17) is 16.1 Å². The number of hydrogen-bond donors (Lipinski definition) is 0. The van der Waals surface area contributed by atoms with Crippen molar-refractivity contribution in [1.82, 2.24) is 10.1 Å². The second-order valence-electron chi connectivity index (χ2n) is 8.14. The molecule has 0 saturated carbocycles. The van der Waals surface area contributed by atoms with Gasteiger partial charge in [-0.1, -0.05) is 54.9 Å². The first-order chi connectivity index (χ1) is 15.9. The molecule has 0 saturated heterocycles. The average Bonchev–Trinajstić information content (AvgIpc) is 3.34. The third-order valence-electron chi connectivity index (χ3n) is 5.44. The van der Waals surface area contributed by atoms with Gasteiger partial charge in [0.2, 0.25) is 0 Å². The SMILES string of the molecule is CC(C)c1cc(-c2cc(C(=O)CCc3ccc(Cl)nc3)cc(-c3ccccc3C#N)c2)no1. The van der Waals surface area contributed by atoms with Crippen LogP contribution < -0.4 is 0 Å². The van der Waals surface area contributed by atoms with Crippen molar-refractivity contribution in [2.24, 2.45) is 0 Å². The Morgan fingerprint density at radius 2 is 1.88 bits per heavy atom. The van der Waals surface area contributed by atoms with E-state index in [1.54, 1.807) is 18.3 Å². The monoisotopic (exact) mass is 455 g/mol. The normalized spacial score (nSPS) is 10.9. The Morgan fingerprint density at radius 3 is 2.58 bits per heavy atom. The summed E-state index contributed by atoms with van der Waals surface area (Å²) >= 11 is 5.85. The number of nitriles is 1. The number of pyridine rings is 1. The highest BCUT2D eigenvalue weighted by molar-refractivity contribution is 6.29. The number of carbonyl (C=O) groups is 1. The van der Waals surface area contributed by atoms with E-state index in [9.17, 15) is 10.1 Å². The lowest BCUT2D eigenvalue weighted by molar-refractivity contribution is 0.0983. The number of aryl methyl sites for hydroxylation is 1. The van der Waals surface area contributed by atoms with Gasteiger partial charge in [0.25, 0.3) is 0 Å². The summed E-state index contributed by atoms with van der Waals surface area (Å²) < 4.78 is 5.48. The molecular weight excluding hydrogens is 434 g/mol. The van der Waals surface area contributed by atoms with Crippen LogP contribution in [0.25, 0.3) is 22.4 Å². The van der Waals surface area contributed by atoms with Crippen molar-refractivity contribution in [2.45, 2.75) is 32.6 Å². The number of Topliss-reactive ketones (excluding diaryl/α,β-unsaturated/α-hetero) is 1. The van der Waals surface area contributed by atoms with Crippen LogP contribution in [-0.2, 0) is 6.42 Å². The first kappa shape index (κ1) is 22.4. The molecule has 33 heavy (non-hydrogen) atoms. The second-order valence-corrected chi connectivity index (χ2v) is 8.53. The fourth-order valence-corrected chi connectivity index (χ4v) is 3.69. The van der Waals surface area contributed by atoms with Crippen molar-refractivity contribution in [3.63, 3.8) is 0 Å². The summed E-state index contributed by atoms with van der Waals surface area (Å²) in [5, 5.41) is 14.2. The van der Waals surface area contributed by atoms with E-state index in [0.29, 0.717) is 34.8 Å². The number of halogens is 1. The number of carbonyl (C=O) groups excluding carboxylic acids is 1. The molecule has 2 aromatic heterocycles. The first-order valence-electron chi connectivity index (χ1n) is 10.7. The molecule has 2 heterocycles. The fraction of sp³-hybridized carbons (Fsp3) is 0.185. The highest BCUT2D eigenvalue weighted by Gasteiger charge is 2.16. The van der Waals surface area contributed by atoms with Gasteiger partial charge >= 0.3 is 0 Å². The topological polar surface area (TPSA) is 79.8 Å². The molecule has 0 bridgehead atoms. The summed E-state index contributed by atoms with van der Waals surface area (Å²) in [6, 6.07) is 20.7. The summed E-state index contributed by atoms with van der Waals surface area (Å²) in [6.45, 7) is 4.06.